The SMILES string of the molecule is CC(C)(C)C(=O)[C@@H](CC(=O)c1ccc(Oc2ccccc2)cc1)c1ccsc1. The van der Waals surface area contributed by atoms with Crippen molar-refractivity contribution in [3.63, 3.8) is 0 Å². The molecule has 28 heavy (non-hydrogen) atoms. The molecule has 1 heterocycles. The lowest BCUT2D eigenvalue weighted by atomic mass is 9.78. The maximum Gasteiger partial charge on any atom is 0.163 e. The lowest BCUT2D eigenvalue weighted by Gasteiger charge is -2.24. The van der Waals surface area contributed by atoms with Gasteiger partial charge in [-0.2, -0.15) is 11.3 Å². The number of ether oxygens (including phenoxy) is 1. The number of benzene rings is 2. The number of rotatable bonds is 7. The summed E-state index contributed by atoms with van der Waals surface area (Å²) in [5.41, 5.74) is 1.00. The monoisotopic (exact) mass is 392 g/mol. The zero-order chi connectivity index (χ0) is 20.1. The van der Waals surface area contributed by atoms with Gasteiger partial charge in [-0.25, -0.2) is 0 Å². The Labute approximate surface area is 170 Å². The van der Waals surface area contributed by atoms with E-state index in [9.17, 15) is 9.59 Å². The Balaban J connectivity index is 1.74. The van der Waals surface area contributed by atoms with Crippen LogP contribution in [0.2, 0.25) is 0 Å². The van der Waals surface area contributed by atoms with E-state index in [1.54, 1.807) is 35.6 Å². The summed E-state index contributed by atoms with van der Waals surface area (Å²) >= 11 is 1.54. The first-order valence-electron chi connectivity index (χ1n) is 9.27. The third kappa shape index (κ3) is 4.96. The molecule has 0 fully saturated rings. The van der Waals surface area contributed by atoms with Gasteiger partial charge in [0.15, 0.2) is 5.78 Å². The van der Waals surface area contributed by atoms with E-state index in [0.29, 0.717) is 11.3 Å². The molecule has 4 heteroatoms. The summed E-state index contributed by atoms with van der Waals surface area (Å²) < 4.78 is 5.77. The van der Waals surface area contributed by atoms with Gasteiger partial charge in [-0.15, -0.1) is 0 Å². The van der Waals surface area contributed by atoms with Crippen molar-refractivity contribution in [3.8, 4) is 11.5 Å². The Bertz CT molecular complexity index is 920. The number of carbonyl (C=O) groups is 2. The number of thiophene rings is 1. The van der Waals surface area contributed by atoms with E-state index >= 15 is 0 Å². The summed E-state index contributed by atoms with van der Waals surface area (Å²) in [6, 6.07) is 18.5. The van der Waals surface area contributed by atoms with E-state index in [-0.39, 0.29) is 18.0 Å². The van der Waals surface area contributed by atoms with Crippen LogP contribution in [-0.4, -0.2) is 11.6 Å². The first kappa shape index (κ1) is 20.0. The molecule has 0 bridgehead atoms. The lowest BCUT2D eigenvalue weighted by molar-refractivity contribution is -0.127. The van der Waals surface area contributed by atoms with Crippen molar-refractivity contribution in [2.45, 2.75) is 33.1 Å². The minimum atomic E-state index is -0.500. The Morgan fingerprint density at radius 2 is 1.57 bits per heavy atom. The van der Waals surface area contributed by atoms with Gasteiger partial charge >= 0.3 is 0 Å². The molecule has 0 aliphatic carbocycles. The summed E-state index contributed by atoms with van der Waals surface area (Å²) in [4.78, 5) is 25.8. The predicted molar refractivity (Wildman–Crippen MR) is 113 cm³/mol. The predicted octanol–water partition coefficient (Wildman–Crippen LogP) is 6.51. The Hall–Kier alpha value is -2.72. The summed E-state index contributed by atoms with van der Waals surface area (Å²) in [6.45, 7) is 5.69. The third-order valence-electron chi connectivity index (χ3n) is 4.55. The molecule has 1 aromatic heterocycles. The van der Waals surface area contributed by atoms with Crippen LogP contribution >= 0.6 is 11.3 Å². The molecule has 0 amide bonds. The van der Waals surface area contributed by atoms with Crippen molar-refractivity contribution < 1.29 is 14.3 Å². The van der Waals surface area contributed by atoms with Crippen molar-refractivity contribution in [3.05, 3.63) is 82.6 Å². The largest absolute Gasteiger partial charge is 0.457 e. The zero-order valence-corrected chi connectivity index (χ0v) is 17.2. The van der Waals surface area contributed by atoms with E-state index < -0.39 is 11.3 Å². The van der Waals surface area contributed by atoms with Gasteiger partial charge in [-0.1, -0.05) is 39.0 Å². The van der Waals surface area contributed by atoms with E-state index in [1.165, 1.54) is 0 Å². The van der Waals surface area contributed by atoms with Crippen LogP contribution in [0.5, 0.6) is 11.5 Å². The highest BCUT2D eigenvalue weighted by Crippen LogP contribution is 2.32. The highest BCUT2D eigenvalue weighted by molar-refractivity contribution is 7.08. The molecule has 0 unspecified atom stereocenters. The van der Waals surface area contributed by atoms with E-state index in [1.807, 2.05) is 67.9 Å². The smallest absolute Gasteiger partial charge is 0.163 e. The van der Waals surface area contributed by atoms with Gasteiger partial charge in [-0.3, -0.25) is 9.59 Å². The molecule has 0 aliphatic rings. The molecule has 0 aliphatic heterocycles. The standard InChI is InChI=1S/C24H24O3S/c1-24(2,3)23(26)21(18-13-14-28-16-18)15-22(25)17-9-11-20(12-10-17)27-19-7-5-4-6-8-19/h4-14,16,21H,15H2,1-3H3/t21-/m0/s1. The van der Waals surface area contributed by atoms with Crippen LogP contribution in [-0.2, 0) is 4.79 Å². The summed E-state index contributed by atoms with van der Waals surface area (Å²) in [6.07, 6.45) is 0.172. The second kappa shape index (κ2) is 8.53. The zero-order valence-electron chi connectivity index (χ0n) is 16.3. The number of para-hydroxylation sites is 1. The summed E-state index contributed by atoms with van der Waals surface area (Å²) in [7, 11) is 0. The molecule has 0 radical (unpaired) electrons. The number of hydrogen-bond donors (Lipinski definition) is 0. The fraction of sp³-hybridized carbons (Fsp3) is 0.250. The molecule has 2 aromatic carbocycles. The highest BCUT2D eigenvalue weighted by atomic mass is 32.1. The Morgan fingerprint density at radius 1 is 0.929 bits per heavy atom. The molecule has 0 saturated heterocycles. The second-order valence-electron chi connectivity index (χ2n) is 7.79. The van der Waals surface area contributed by atoms with Crippen LogP contribution in [0.4, 0.5) is 0 Å². The van der Waals surface area contributed by atoms with Crippen molar-refractivity contribution in [2.75, 3.05) is 0 Å². The number of carbonyl (C=O) groups excluding carboxylic acids is 2. The van der Waals surface area contributed by atoms with Crippen LogP contribution in [0, 0.1) is 5.41 Å². The fourth-order valence-electron chi connectivity index (χ4n) is 2.99. The van der Waals surface area contributed by atoms with Gasteiger partial charge < -0.3 is 4.74 Å². The van der Waals surface area contributed by atoms with E-state index in [0.717, 1.165) is 11.3 Å². The first-order chi connectivity index (χ1) is 13.3. The molecule has 3 aromatic rings. The average Bonchev–Trinajstić information content (AvgIpc) is 3.20. The third-order valence-corrected chi connectivity index (χ3v) is 5.25. The van der Waals surface area contributed by atoms with Crippen LogP contribution in [0.25, 0.3) is 0 Å². The van der Waals surface area contributed by atoms with Crippen molar-refractivity contribution in [2.24, 2.45) is 5.41 Å². The number of hydrogen-bond acceptors (Lipinski definition) is 4. The Kier molecular flexibility index (Phi) is 6.10. The van der Waals surface area contributed by atoms with E-state index in [4.69, 9.17) is 4.74 Å². The molecule has 0 N–H and O–H groups in total. The maximum absolute atomic E-state index is 12.9. The minimum absolute atomic E-state index is 0.0416. The molecule has 0 saturated carbocycles. The summed E-state index contributed by atoms with van der Waals surface area (Å²) in [5.74, 6) is 1.04. The van der Waals surface area contributed by atoms with Gasteiger partial charge in [0.05, 0.1) is 5.92 Å². The van der Waals surface area contributed by atoms with Gasteiger partial charge in [0.2, 0.25) is 0 Å². The van der Waals surface area contributed by atoms with Gasteiger partial charge in [0.1, 0.15) is 17.3 Å². The van der Waals surface area contributed by atoms with Gasteiger partial charge in [-0.05, 0) is 58.8 Å². The van der Waals surface area contributed by atoms with Crippen LogP contribution in [0.15, 0.2) is 71.4 Å². The molecule has 144 valence electrons. The summed E-state index contributed by atoms with van der Waals surface area (Å²) in [5, 5.41) is 3.90. The van der Waals surface area contributed by atoms with Crippen LogP contribution in [0.3, 0.4) is 0 Å². The lowest BCUT2D eigenvalue weighted by Crippen LogP contribution is -2.28. The van der Waals surface area contributed by atoms with Crippen LogP contribution in [0.1, 0.15) is 49.0 Å². The van der Waals surface area contributed by atoms with Crippen molar-refractivity contribution in [1.82, 2.24) is 0 Å². The first-order valence-corrected chi connectivity index (χ1v) is 10.2. The highest BCUT2D eigenvalue weighted by Gasteiger charge is 2.32. The van der Waals surface area contributed by atoms with E-state index in [2.05, 4.69) is 0 Å². The average molecular weight is 393 g/mol. The topological polar surface area (TPSA) is 43.4 Å². The minimum Gasteiger partial charge on any atom is -0.457 e. The van der Waals surface area contributed by atoms with Crippen LogP contribution < -0.4 is 4.74 Å². The molecule has 1 atom stereocenters. The molecule has 3 nitrogen and oxygen atoms in total. The van der Waals surface area contributed by atoms with Crippen molar-refractivity contribution >= 4 is 22.9 Å². The fourth-order valence-corrected chi connectivity index (χ4v) is 3.71. The molecule has 0 spiro atoms. The second-order valence-corrected chi connectivity index (χ2v) is 8.57. The molecular formula is C24H24O3S. The Morgan fingerprint density at radius 3 is 2.14 bits per heavy atom. The number of Topliss-reactive ketones (excluding diaryl/α,β-unsaturated/α-hetero) is 2. The molecule has 3 rings (SSSR count). The van der Waals surface area contributed by atoms with Gasteiger partial charge in [0.25, 0.3) is 0 Å². The normalized spacial score (nSPS) is 12.4. The molecular weight excluding hydrogens is 368 g/mol. The van der Waals surface area contributed by atoms with Crippen molar-refractivity contribution in [1.29, 1.82) is 0 Å². The maximum atomic E-state index is 12.9. The van der Waals surface area contributed by atoms with Gasteiger partial charge in [0, 0.05) is 17.4 Å². The quantitative estimate of drug-likeness (QED) is 0.430. The number of ketones is 2.